The quantitative estimate of drug-likeness (QED) is 0.870. The molecule has 0 saturated heterocycles. The SMILES string of the molecule is Clc1ccc(COc2ccccc2Br)nn1. The normalized spacial score (nSPS) is 10.1. The van der Waals surface area contributed by atoms with Crippen LogP contribution in [-0.4, -0.2) is 10.2 Å². The molecular formula is C11H8BrClN2O. The van der Waals surface area contributed by atoms with Gasteiger partial charge in [0.1, 0.15) is 18.1 Å². The average molecular weight is 300 g/mol. The first kappa shape index (κ1) is 11.4. The van der Waals surface area contributed by atoms with Crippen molar-refractivity contribution < 1.29 is 4.74 Å². The van der Waals surface area contributed by atoms with Crippen LogP contribution in [-0.2, 0) is 6.61 Å². The predicted molar refractivity (Wildman–Crippen MR) is 65.5 cm³/mol. The van der Waals surface area contributed by atoms with Crippen LogP contribution < -0.4 is 4.74 Å². The molecule has 16 heavy (non-hydrogen) atoms. The molecule has 0 unspecified atom stereocenters. The van der Waals surface area contributed by atoms with Crippen LogP contribution >= 0.6 is 27.5 Å². The van der Waals surface area contributed by atoms with E-state index < -0.39 is 0 Å². The maximum Gasteiger partial charge on any atom is 0.151 e. The van der Waals surface area contributed by atoms with Crippen LogP contribution in [0.15, 0.2) is 40.9 Å². The molecule has 0 atom stereocenters. The molecule has 0 fully saturated rings. The Balaban J connectivity index is 2.02. The largest absolute Gasteiger partial charge is 0.486 e. The summed E-state index contributed by atoms with van der Waals surface area (Å²) in [5.74, 6) is 0.777. The molecule has 0 N–H and O–H groups in total. The Morgan fingerprint density at radius 2 is 1.94 bits per heavy atom. The third-order valence-corrected chi connectivity index (χ3v) is 2.76. The van der Waals surface area contributed by atoms with E-state index in [-0.39, 0.29) is 0 Å². The summed E-state index contributed by atoms with van der Waals surface area (Å²) in [6.45, 7) is 0.368. The van der Waals surface area contributed by atoms with Crippen molar-refractivity contribution in [3.63, 3.8) is 0 Å². The van der Waals surface area contributed by atoms with Crippen LogP contribution in [0.5, 0.6) is 5.75 Å². The molecule has 2 aromatic rings. The van der Waals surface area contributed by atoms with Gasteiger partial charge in [-0.15, -0.1) is 5.10 Å². The first-order valence-electron chi connectivity index (χ1n) is 4.61. The lowest BCUT2D eigenvalue weighted by molar-refractivity contribution is 0.298. The van der Waals surface area contributed by atoms with Crippen molar-refractivity contribution in [2.24, 2.45) is 0 Å². The minimum absolute atomic E-state index is 0.368. The van der Waals surface area contributed by atoms with E-state index >= 15 is 0 Å². The van der Waals surface area contributed by atoms with Crippen LogP contribution in [0, 0.1) is 0 Å². The van der Waals surface area contributed by atoms with Gasteiger partial charge in [0.15, 0.2) is 5.15 Å². The van der Waals surface area contributed by atoms with Gasteiger partial charge in [-0.1, -0.05) is 23.7 Å². The highest BCUT2D eigenvalue weighted by atomic mass is 79.9. The zero-order valence-corrected chi connectivity index (χ0v) is 10.6. The summed E-state index contributed by atoms with van der Waals surface area (Å²) in [5, 5.41) is 8.02. The van der Waals surface area contributed by atoms with Crippen molar-refractivity contribution in [2.45, 2.75) is 6.61 Å². The van der Waals surface area contributed by atoms with E-state index in [0.29, 0.717) is 11.8 Å². The third kappa shape index (κ3) is 2.93. The van der Waals surface area contributed by atoms with Crippen LogP contribution in [0.25, 0.3) is 0 Å². The standard InChI is InChI=1S/C11H8BrClN2O/c12-9-3-1-2-4-10(9)16-7-8-5-6-11(13)15-14-8/h1-6H,7H2. The molecule has 0 aliphatic carbocycles. The summed E-state index contributed by atoms with van der Waals surface area (Å²) in [5.41, 5.74) is 0.736. The fourth-order valence-electron chi connectivity index (χ4n) is 1.13. The third-order valence-electron chi connectivity index (χ3n) is 1.90. The van der Waals surface area contributed by atoms with Crippen LogP contribution in [0.4, 0.5) is 0 Å². The van der Waals surface area contributed by atoms with E-state index in [4.69, 9.17) is 16.3 Å². The fraction of sp³-hybridized carbons (Fsp3) is 0.0909. The molecule has 5 heteroatoms. The number of benzene rings is 1. The van der Waals surface area contributed by atoms with Gasteiger partial charge in [-0.05, 0) is 40.2 Å². The van der Waals surface area contributed by atoms with Gasteiger partial charge >= 0.3 is 0 Å². The van der Waals surface area contributed by atoms with Crippen molar-refractivity contribution in [1.29, 1.82) is 0 Å². The second-order valence-electron chi connectivity index (χ2n) is 3.07. The summed E-state index contributed by atoms with van der Waals surface area (Å²) >= 11 is 9.03. The number of halogens is 2. The molecule has 0 aliphatic rings. The Kier molecular flexibility index (Phi) is 3.74. The molecule has 82 valence electrons. The van der Waals surface area contributed by atoms with E-state index in [9.17, 15) is 0 Å². The molecule has 3 nitrogen and oxygen atoms in total. The van der Waals surface area contributed by atoms with Gasteiger partial charge in [-0.2, -0.15) is 5.10 Å². The highest BCUT2D eigenvalue weighted by molar-refractivity contribution is 9.10. The smallest absolute Gasteiger partial charge is 0.151 e. The molecule has 0 saturated carbocycles. The van der Waals surface area contributed by atoms with Crippen molar-refractivity contribution in [1.82, 2.24) is 10.2 Å². The summed E-state index contributed by atoms with van der Waals surface area (Å²) in [6.07, 6.45) is 0. The van der Waals surface area contributed by atoms with E-state index in [1.54, 1.807) is 12.1 Å². The Bertz CT molecular complexity index is 476. The average Bonchev–Trinajstić information content (AvgIpc) is 2.30. The monoisotopic (exact) mass is 298 g/mol. The van der Waals surface area contributed by atoms with E-state index in [1.165, 1.54) is 0 Å². The molecule has 1 aromatic heterocycles. The topological polar surface area (TPSA) is 35.0 Å². The Hall–Kier alpha value is -1.13. The maximum absolute atomic E-state index is 5.63. The highest BCUT2D eigenvalue weighted by Gasteiger charge is 2.01. The first-order valence-corrected chi connectivity index (χ1v) is 5.78. The van der Waals surface area contributed by atoms with Gasteiger partial charge in [0.05, 0.1) is 4.47 Å². The molecule has 0 spiro atoms. The fourth-order valence-corrected chi connectivity index (χ4v) is 1.63. The second kappa shape index (κ2) is 5.27. The summed E-state index contributed by atoms with van der Waals surface area (Å²) in [4.78, 5) is 0. The minimum atomic E-state index is 0.368. The summed E-state index contributed by atoms with van der Waals surface area (Å²) in [6, 6.07) is 11.1. The lowest BCUT2D eigenvalue weighted by Crippen LogP contribution is -1.99. The number of nitrogens with zero attached hydrogens (tertiary/aromatic N) is 2. The number of hydrogen-bond acceptors (Lipinski definition) is 3. The van der Waals surface area contributed by atoms with Crippen LogP contribution in [0.1, 0.15) is 5.69 Å². The van der Waals surface area contributed by atoms with Crippen molar-refractivity contribution >= 4 is 27.5 Å². The molecule has 1 heterocycles. The van der Waals surface area contributed by atoms with E-state index in [0.717, 1.165) is 15.9 Å². The predicted octanol–water partition coefficient (Wildman–Crippen LogP) is 3.47. The molecule has 0 amide bonds. The van der Waals surface area contributed by atoms with Gasteiger partial charge < -0.3 is 4.74 Å². The lowest BCUT2D eigenvalue weighted by atomic mass is 10.3. The zero-order chi connectivity index (χ0) is 11.4. The van der Waals surface area contributed by atoms with Crippen molar-refractivity contribution in [2.75, 3.05) is 0 Å². The Morgan fingerprint density at radius 1 is 1.12 bits per heavy atom. The van der Waals surface area contributed by atoms with Crippen LogP contribution in [0.3, 0.4) is 0 Å². The zero-order valence-electron chi connectivity index (χ0n) is 8.23. The van der Waals surface area contributed by atoms with E-state index in [1.807, 2.05) is 24.3 Å². The van der Waals surface area contributed by atoms with Gasteiger partial charge in [-0.25, -0.2) is 0 Å². The molecule has 0 radical (unpaired) electrons. The summed E-state index contributed by atoms with van der Waals surface area (Å²) in [7, 11) is 0. The van der Waals surface area contributed by atoms with Gasteiger partial charge in [0.2, 0.25) is 0 Å². The number of ether oxygens (including phenoxy) is 1. The van der Waals surface area contributed by atoms with Gasteiger partial charge in [0.25, 0.3) is 0 Å². The first-order chi connectivity index (χ1) is 7.75. The number of rotatable bonds is 3. The maximum atomic E-state index is 5.63. The minimum Gasteiger partial charge on any atom is -0.486 e. The molecule has 1 aromatic carbocycles. The second-order valence-corrected chi connectivity index (χ2v) is 4.31. The highest BCUT2D eigenvalue weighted by Crippen LogP contribution is 2.24. The molecular weight excluding hydrogens is 291 g/mol. The lowest BCUT2D eigenvalue weighted by Gasteiger charge is -2.06. The van der Waals surface area contributed by atoms with Crippen molar-refractivity contribution in [3.8, 4) is 5.75 Å². The summed E-state index contributed by atoms with van der Waals surface area (Å²) < 4.78 is 6.48. The van der Waals surface area contributed by atoms with Gasteiger partial charge in [-0.3, -0.25) is 0 Å². The molecule has 0 bridgehead atoms. The Labute approximate surface area is 107 Å². The molecule has 0 aliphatic heterocycles. The number of hydrogen-bond donors (Lipinski definition) is 0. The number of para-hydroxylation sites is 1. The van der Waals surface area contributed by atoms with Gasteiger partial charge in [0, 0.05) is 0 Å². The van der Waals surface area contributed by atoms with Crippen molar-refractivity contribution in [3.05, 3.63) is 51.7 Å². The Morgan fingerprint density at radius 3 is 2.62 bits per heavy atom. The van der Waals surface area contributed by atoms with Crippen LogP contribution in [0.2, 0.25) is 5.15 Å². The van der Waals surface area contributed by atoms with E-state index in [2.05, 4.69) is 26.1 Å². The molecule has 2 rings (SSSR count). The number of aromatic nitrogens is 2.